The van der Waals surface area contributed by atoms with Crippen LogP contribution in [0.15, 0.2) is 23.2 Å². The standard InChI is InChI=1S/C20H28F2N4O3.HI/c1-23-20(24-6-11-29-16-2-3-17(21)18(22)14-16)26-7-4-15(5-8-26)19(27)25-9-12-28-13-10-25;/h2-3,14-15H,4-13H2,1H3,(H,23,24);1H. The molecule has 2 saturated heterocycles. The number of halogens is 3. The van der Waals surface area contributed by atoms with Crippen LogP contribution in [0.5, 0.6) is 5.75 Å². The highest BCUT2D eigenvalue weighted by Crippen LogP contribution is 2.20. The lowest BCUT2D eigenvalue weighted by Gasteiger charge is -2.36. The molecule has 0 saturated carbocycles. The third kappa shape index (κ3) is 6.66. The molecule has 0 radical (unpaired) electrons. The number of carbonyl (C=O) groups excluding carboxylic acids is 1. The number of piperidine rings is 1. The monoisotopic (exact) mass is 538 g/mol. The molecular weight excluding hydrogens is 509 g/mol. The van der Waals surface area contributed by atoms with Crippen molar-refractivity contribution in [2.75, 3.05) is 59.6 Å². The Morgan fingerprint density at radius 3 is 2.50 bits per heavy atom. The zero-order valence-electron chi connectivity index (χ0n) is 17.1. The number of likely N-dealkylation sites (tertiary alicyclic amines) is 1. The Morgan fingerprint density at radius 2 is 1.87 bits per heavy atom. The van der Waals surface area contributed by atoms with E-state index in [2.05, 4.69) is 15.2 Å². The average Bonchev–Trinajstić information content (AvgIpc) is 2.76. The molecular formula is C20H29F2IN4O3. The molecule has 2 heterocycles. The van der Waals surface area contributed by atoms with Gasteiger partial charge in [0.1, 0.15) is 12.4 Å². The Bertz CT molecular complexity index is 724. The number of rotatable bonds is 5. The molecule has 7 nitrogen and oxygen atoms in total. The maximum absolute atomic E-state index is 13.2. The Labute approximate surface area is 192 Å². The molecule has 2 fully saturated rings. The number of benzene rings is 1. The van der Waals surface area contributed by atoms with Crippen LogP contribution in [-0.4, -0.2) is 81.3 Å². The summed E-state index contributed by atoms with van der Waals surface area (Å²) in [5.41, 5.74) is 0. The summed E-state index contributed by atoms with van der Waals surface area (Å²) in [5, 5.41) is 3.21. The highest BCUT2D eigenvalue weighted by atomic mass is 127. The smallest absolute Gasteiger partial charge is 0.225 e. The molecule has 1 amide bonds. The zero-order chi connectivity index (χ0) is 20.6. The Balaban J connectivity index is 0.00000320. The maximum atomic E-state index is 13.2. The van der Waals surface area contributed by atoms with Crippen LogP contribution in [0.25, 0.3) is 0 Å². The van der Waals surface area contributed by atoms with Crippen molar-refractivity contribution < 1.29 is 23.0 Å². The molecule has 1 aromatic carbocycles. The van der Waals surface area contributed by atoms with Crippen LogP contribution >= 0.6 is 24.0 Å². The van der Waals surface area contributed by atoms with Gasteiger partial charge < -0.3 is 24.6 Å². The van der Waals surface area contributed by atoms with E-state index in [0.717, 1.165) is 44.0 Å². The van der Waals surface area contributed by atoms with Gasteiger partial charge in [0.15, 0.2) is 17.6 Å². The van der Waals surface area contributed by atoms with Gasteiger partial charge >= 0.3 is 0 Å². The van der Waals surface area contributed by atoms with Crippen molar-refractivity contribution in [3.05, 3.63) is 29.8 Å². The summed E-state index contributed by atoms with van der Waals surface area (Å²) in [5.74, 6) is -0.513. The number of ether oxygens (including phenoxy) is 2. The van der Waals surface area contributed by atoms with E-state index in [0.29, 0.717) is 32.8 Å². The largest absolute Gasteiger partial charge is 0.492 e. The summed E-state index contributed by atoms with van der Waals surface area (Å²) in [4.78, 5) is 21.0. The predicted molar refractivity (Wildman–Crippen MR) is 120 cm³/mol. The van der Waals surface area contributed by atoms with Crippen LogP contribution in [0.2, 0.25) is 0 Å². The normalized spacial score (nSPS) is 18.0. The fraction of sp³-hybridized carbons (Fsp3) is 0.600. The van der Waals surface area contributed by atoms with Crippen LogP contribution in [-0.2, 0) is 9.53 Å². The molecule has 10 heteroatoms. The van der Waals surface area contributed by atoms with E-state index in [9.17, 15) is 13.6 Å². The van der Waals surface area contributed by atoms with Gasteiger partial charge in [0.25, 0.3) is 0 Å². The number of nitrogens with zero attached hydrogens (tertiary/aromatic N) is 3. The topological polar surface area (TPSA) is 66.4 Å². The summed E-state index contributed by atoms with van der Waals surface area (Å²) < 4.78 is 36.9. The van der Waals surface area contributed by atoms with Crippen molar-refractivity contribution in [1.82, 2.24) is 15.1 Å². The van der Waals surface area contributed by atoms with E-state index in [4.69, 9.17) is 9.47 Å². The number of carbonyl (C=O) groups is 1. The zero-order valence-corrected chi connectivity index (χ0v) is 19.4. The van der Waals surface area contributed by atoms with E-state index >= 15 is 0 Å². The van der Waals surface area contributed by atoms with Gasteiger partial charge in [-0.3, -0.25) is 9.79 Å². The molecule has 0 unspecified atom stereocenters. The molecule has 0 bridgehead atoms. The SMILES string of the molecule is CN=C(NCCOc1ccc(F)c(F)c1)N1CCC(C(=O)N2CCOCC2)CC1.I. The second kappa shape index (κ2) is 12.2. The van der Waals surface area contributed by atoms with Gasteiger partial charge in [-0.05, 0) is 25.0 Å². The van der Waals surface area contributed by atoms with Gasteiger partial charge in [0, 0.05) is 45.2 Å². The molecule has 0 spiro atoms. The molecule has 1 N–H and O–H groups in total. The molecule has 0 atom stereocenters. The first-order chi connectivity index (χ1) is 14.1. The van der Waals surface area contributed by atoms with E-state index in [-0.39, 0.29) is 48.2 Å². The number of nitrogens with one attached hydrogen (secondary N) is 1. The first-order valence-electron chi connectivity index (χ1n) is 9.98. The second-order valence-electron chi connectivity index (χ2n) is 7.10. The summed E-state index contributed by atoms with van der Waals surface area (Å²) in [6.45, 7) is 4.87. The Morgan fingerprint density at radius 1 is 1.17 bits per heavy atom. The quantitative estimate of drug-likeness (QED) is 0.270. The third-order valence-corrected chi connectivity index (χ3v) is 5.22. The number of amides is 1. The van der Waals surface area contributed by atoms with Crippen LogP contribution in [0.4, 0.5) is 8.78 Å². The molecule has 1 aromatic rings. The first-order valence-corrected chi connectivity index (χ1v) is 9.98. The predicted octanol–water partition coefficient (Wildman–Crippen LogP) is 2.11. The highest BCUT2D eigenvalue weighted by molar-refractivity contribution is 14.0. The van der Waals surface area contributed by atoms with Gasteiger partial charge in [-0.2, -0.15) is 0 Å². The number of hydrogen-bond donors (Lipinski definition) is 1. The minimum absolute atomic E-state index is 0. The number of guanidine groups is 1. The van der Waals surface area contributed by atoms with Gasteiger partial charge in [-0.1, -0.05) is 0 Å². The molecule has 3 rings (SSSR count). The van der Waals surface area contributed by atoms with Crippen LogP contribution in [0, 0.1) is 17.6 Å². The molecule has 2 aliphatic heterocycles. The maximum Gasteiger partial charge on any atom is 0.225 e. The first kappa shape index (κ1) is 24.6. The molecule has 30 heavy (non-hydrogen) atoms. The number of aliphatic imine (C=N–C) groups is 1. The highest BCUT2D eigenvalue weighted by Gasteiger charge is 2.30. The Kier molecular flexibility index (Phi) is 10.0. The number of hydrogen-bond acceptors (Lipinski definition) is 4. The minimum atomic E-state index is -0.930. The molecule has 0 aromatic heterocycles. The van der Waals surface area contributed by atoms with E-state index in [1.54, 1.807) is 7.05 Å². The Hall–Kier alpha value is -1.69. The lowest BCUT2D eigenvalue weighted by Crippen LogP contribution is -2.50. The van der Waals surface area contributed by atoms with Crippen LogP contribution in [0.1, 0.15) is 12.8 Å². The molecule has 0 aliphatic carbocycles. The van der Waals surface area contributed by atoms with Crippen molar-refractivity contribution in [2.45, 2.75) is 12.8 Å². The van der Waals surface area contributed by atoms with Crippen molar-refractivity contribution in [2.24, 2.45) is 10.9 Å². The summed E-state index contributed by atoms with van der Waals surface area (Å²) in [7, 11) is 1.71. The average molecular weight is 538 g/mol. The number of morpholine rings is 1. The molecule has 168 valence electrons. The molecule has 2 aliphatic rings. The van der Waals surface area contributed by atoms with Crippen molar-refractivity contribution in [1.29, 1.82) is 0 Å². The van der Waals surface area contributed by atoms with Gasteiger partial charge in [0.2, 0.25) is 5.91 Å². The summed E-state index contributed by atoms with van der Waals surface area (Å²) >= 11 is 0. The van der Waals surface area contributed by atoms with Crippen molar-refractivity contribution >= 4 is 35.8 Å². The summed E-state index contributed by atoms with van der Waals surface area (Å²) in [6.07, 6.45) is 1.59. The third-order valence-electron chi connectivity index (χ3n) is 5.22. The van der Waals surface area contributed by atoms with Gasteiger partial charge in [-0.15, -0.1) is 24.0 Å². The lowest BCUT2D eigenvalue weighted by molar-refractivity contribution is -0.140. The van der Waals surface area contributed by atoms with Crippen molar-refractivity contribution in [3.63, 3.8) is 0 Å². The lowest BCUT2D eigenvalue weighted by atomic mass is 9.95. The second-order valence-corrected chi connectivity index (χ2v) is 7.10. The van der Waals surface area contributed by atoms with Crippen LogP contribution in [0.3, 0.4) is 0 Å². The minimum Gasteiger partial charge on any atom is -0.492 e. The van der Waals surface area contributed by atoms with E-state index < -0.39 is 11.6 Å². The van der Waals surface area contributed by atoms with E-state index in [1.807, 2.05) is 4.90 Å². The summed E-state index contributed by atoms with van der Waals surface area (Å²) in [6, 6.07) is 3.46. The van der Waals surface area contributed by atoms with Crippen LogP contribution < -0.4 is 10.1 Å². The van der Waals surface area contributed by atoms with E-state index in [1.165, 1.54) is 6.07 Å². The van der Waals surface area contributed by atoms with Crippen molar-refractivity contribution in [3.8, 4) is 5.75 Å². The van der Waals surface area contributed by atoms with Gasteiger partial charge in [0.05, 0.1) is 19.8 Å². The van der Waals surface area contributed by atoms with Gasteiger partial charge in [-0.25, -0.2) is 8.78 Å². The fourth-order valence-corrected chi connectivity index (χ4v) is 3.61. The fourth-order valence-electron chi connectivity index (χ4n) is 3.61.